The molecule has 0 aromatic rings. The van der Waals surface area contributed by atoms with Crippen molar-refractivity contribution in [2.45, 2.75) is 84.3 Å². The largest absolute Gasteiger partial charge is 1.00 e. The molecule has 3 saturated carbocycles. The SMILES string of the molecule is C[C@H](O)[C@@H]1CC[C@@H]2[C@@H]3CC=C4C[C@@H](OS(=O)(=O)[O-])CC[C@]4(C)[C@@H]3CC[C@@]21C.[Na+]. The van der Waals surface area contributed by atoms with Crippen molar-refractivity contribution in [3.63, 3.8) is 0 Å². The topological polar surface area (TPSA) is 86.7 Å². The Morgan fingerprint density at radius 1 is 1.18 bits per heavy atom. The molecule has 0 saturated heterocycles. The molecule has 5 nitrogen and oxygen atoms in total. The van der Waals surface area contributed by atoms with Crippen LogP contribution in [0.15, 0.2) is 11.6 Å². The molecule has 4 rings (SSSR count). The number of aliphatic hydroxyl groups is 1. The van der Waals surface area contributed by atoms with Gasteiger partial charge in [0.05, 0.1) is 12.2 Å². The molecule has 0 radical (unpaired) electrons. The zero-order chi connectivity index (χ0) is 19.6. The molecule has 0 unspecified atom stereocenters. The van der Waals surface area contributed by atoms with Gasteiger partial charge in [0.1, 0.15) is 0 Å². The third-order valence-electron chi connectivity index (χ3n) is 8.97. The minimum absolute atomic E-state index is 0. The standard InChI is InChI=1S/C21H34O5S.Na/c1-13(22)17-6-7-18-16-5-4-14-12-15(26-27(23,24)25)8-10-20(14,2)19(16)9-11-21(17,18)3;/h4,13,15-19,22H,5-12H2,1-3H3,(H,23,24,25);/q;+1/p-1/t13-,15-,16-,17-,18+,19+,20-,21+;/m0./s1. The van der Waals surface area contributed by atoms with Crippen LogP contribution in [0.2, 0.25) is 0 Å². The molecular formula is C21H33NaO5S. The summed E-state index contributed by atoms with van der Waals surface area (Å²) in [5, 5.41) is 10.3. The maximum atomic E-state index is 11.0. The van der Waals surface area contributed by atoms with Crippen molar-refractivity contribution in [2.24, 2.45) is 34.5 Å². The quantitative estimate of drug-likeness (QED) is 0.316. The summed E-state index contributed by atoms with van der Waals surface area (Å²) >= 11 is 0. The average molecular weight is 421 g/mol. The number of rotatable bonds is 3. The van der Waals surface area contributed by atoms with E-state index in [-0.39, 0.29) is 46.5 Å². The zero-order valence-corrected chi connectivity index (χ0v) is 20.5. The van der Waals surface area contributed by atoms with E-state index < -0.39 is 16.5 Å². The van der Waals surface area contributed by atoms with Gasteiger partial charge in [0.15, 0.2) is 0 Å². The fourth-order valence-corrected chi connectivity index (χ4v) is 8.21. The maximum Gasteiger partial charge on any atom is 1.00 e. The Hall–Kier alpha value is 0.570. The molecule has 4 aliphatic rings. The third kappa shape index (κ3) is 3.80. The van der Waals surface area contributed by atoms with E-state index in [4.69, 9.17) is 4.18 Å². The summed E-state index contributed by atoms with van der Waals surface area (Å²) in [5.74, 6) is 2.35. The van der Waals surface area contributed by atoms with E-state index in [0.717, 1.165) is 19.3 Å². The number of hydrogen-bond acceptors (Lipinski definition) is 5. The normalized spacial score (nSPS) is 46.5. The van der Waals surface area contributed by atoms with Gasteiger partial charge in [-0.2, -0.15) is 0 Å². The van der Waals surface area contributed by atoms with Gasteiger partial charge in [0, 0.05) is 0 Å². The van der Waals surface area contributed by atoms with Crippen LogP contribution < -0.4 is 29.6 Å². The van der Waals surface area contributed by atoms with E-state index in [0.29, 0.717) is 36.5 Å². The molecule has 4 aliphatic carbocycles. The molecule has 7 heteroatoms. The average Bonchev–Trinajstić information content (AvgIpc) is 2.91. The van der Waals surface area contributed by atoms with Crippen LogP contribution >= 0.6 is 0 Å². The van der Waals surface area contributed by atoms with Crippen LogP contribution in [-0.2, 0) is 14.6 Å². The first-order valence-electron chi connectivity index (χ1n) is 10.6. The van der Waals surface area contributed by atoms with Gasteiger partial charge in [-0.15, -0.1) is 0 Å². The van der Waals surface area contributed by atoms with E-state index in [1.807, 2.05) is 6.92 Å². The van der Waals surface area contributed by atoms with Crippen LogP contribution in [0, 0.1) is 34.5 Å². The summed E-state index contributed by atoms with van der Waals surface area (Å²) < 4.78 is 37.8. The van der Waals surface area contributed by atoms with E-state index >= 15 is 0 Å². The van der Waals surface area contributed by atoms with E-state index in [9.17, 15) is 18.1 Å². The fraction of sp³-hybridized carbons (Fsp3) is 0.905. The smallest absolute Gasteiger partial charge is 0.726 e. The van der Waals surface area contributed by atoms with Gasteiger partial charge >= 0.3 is 29.6 Å². The summed E-state index contributed by atoms with van der Waals surface area (Å²) in [6.07, 6.45) is 9.44. The van der Waals surface area contributed by atoms with Gasteiger partial charge in [-0.05, 0) is 92.8 Å². The van der Waals surface area contributed by atoms with E-state index in [1.54, 1.807) is 0 Å². The molecule has 0 spiro atoms. The van der Waals surface area contributed by atoms with Gasteiger partial charge in [-0.25, -0.2) is 8.42 Å². The van der Waals surface area contributed by atoms with Crippen molar-refractivity contribution < 1.29 is 51.8 Å². The summed E-state index contributed by atoms with van der Waals surface area (Å²) in [7, 11) is -4.64. The minimum Gasteiger partial charge on any atom is -0.726 e. The summed E-state index contributed by atoms with van der Waals surface area (Å²) in [6.45, 7) is 6.71. The Morgan fingerprint density at radius 2 is 1.89 bits per heavy atom. The molecular weight excluding hydrogens is 387 g/mol. The van der Waals surface area contributed by atoms with Crippen molar-refractivity contribution in [3.05, 3.63) is 11.6 Å². The monoisotopic (exact) mass is 420 g/mol. The Balaban J connectivity index is 0.00000225. The summed E-state index contributed by atoms with van der Waals surface area (Å²) in [5.41, 5.74) is 1.64. The first-order chi connectivity index (χ1) is 12.5. The van der Waals surface area contributed by atoms with Crippen molar-refractivity contribution in [3.8, 4) is 0 Å². The van der Waals surface area contributed by atoms with Gasteiger partial charge in [-0.1, -0.05) is 25.5 Å². The van der Waals surface area contributed by atoms with Gasteiger partial charge in [0.2, 0.25) is 10.4 Å². The Morgan fingerprint density at radius 3 is 2.54 bits per heavy atom. The molecule has 28 heavy (non-hydrogen) atoms. The van der Waals surface area contributed by atoms with Crippen molar-refractivity contribution in [2.75, 3.05) is 0 Å². The molecule has 3 fully saturated rings. The molecule has 1 N–H and O–H groups in total. The van der Waals surface area contributed by atoms with Gasteiger partial charge in [-0.3, -0.25) is 4.18 Å². The molecule has 0 aromatic carbocycles. The Kier molecular flexibility index (Phi) is 6.57. The van der Waals surface area contributed by atoms with Crippen LogP contribution in [-0.4, -0.2) is 30.3 Å². The van der Waals surface area contributed by atoms with Crippen LogP contribution in [0.3, 0.4) is 0 Å². The van der Waals surface area contributed by atoms with Gasteiger partial charge in [0.25, 0.3) is 0 Å². The van der Waals surface area contributed by atoms with Crippen LogP contribution in [0.5, 0.6) is 0 Å². The van der Waals surface area contributed by atoms with Crippen LogP contribution in [0.4, 0.5) is 0 Å². The first kappa shape index (κ1) is 23.2. The maximum absolute atomic E-state index is 11.0. The van der Waals surface area contributed by atoms with E-state index in [2.05, 4.69) is 19.9 Å². The number of fused-ring (bicyclic) bond motifs is 5. The zero-order valence-electron chi connectivity index (χ0n) is 17.7. The first-order valence-corrected chi connectivity index (χ1v) is 11.9. The van der Waals surface area contributed by atoms with Crippen LogP contribution in [0.25, 0.3) is 0 Å². The van der Waals surface area contributed by atoms with E-state index in [1.165, 1.54) is 24.8 Å². The second kappa shape index (κ2) is 7.92. The number of aliphatic hydroxyl groups excluding tert-OH is 1. The summed E-state index contributed by atoms with van der Waals surface area (Å²) in [6, 6.07) is 0. The van der Waals surface area contributed by atoms with Crippen molar-refractivity contribution in [1.82, 2.24) is 0 Å². The van der Waals surface area contributed by atoms with Crippen molar-refractivity contribution >= 4 is 10.4 Å². The third-order valence-corrected chi connectivity index (χ3v) is 9.48. The Labute approximate surface area is 191 Å². The molecule has 0 aromatic heterocycles. The molecule has 0 bridgehead atoms. The number of hydrogen-bond donors (Lipinski definition) is 1. The number of allylic oxidation sites excluding steroid dienone is 1. The minimum atomic E-state index is -4.64. The second-order valence-corrected chi connectivity index (χ2v) is 11.1. The second-order valence-electron chi connectivity index (χ2n) is 10.1. The van der Waals surface area contributed by atoms with Crippen LogP contribution in [0.1, 0.15) is 72.1 Å². The summed E-state index contributed by atoms with van der Waals surface area (Å²) in [4.78, 5) is 0. The molecule has 0 heterocycles. The molecule has 154 valence electrons. The van der Waals surface area contributed by atoms with Crippen molar-refractivity contribution in [1.29, 1.82) is 0 Å². The fourth-order valence-electron chi connectivity index (χ4n) is 7.71. The predicted molar refractivity (Wildman–Crippen MR) is 101 cm³/mol. The molecule has 0 aliphatic heterocycles. The molecule has 0 amide bonds. The Bertz CT molecular complexity index is 735. The predicted octanol–water partition coefficient (Wildman–Crippen LogP) is 0.796. The van der Waals surface area contributed by atoms with Gasteiger partial charge < -0.3 is 9.66 Å². The molecule has 8 atom stereocenters.